The van der Waals surface area contributed by atoms with Crippen LogP contribution in [-0.4, -0.2) is 20.3 Å². The molecule has 0 atom stereocenters. The summed E-state index contributed by atoms with van der Waals surface area (Å²) in [6, 6.07) is 30.4. The Morgan fingerprint density at radius 2 is 1.29 bits per heavy atom. The first kappa shape index (κ1) is 21.6. The van der Waals surface area contributed by atoms with E-state index in [1.165, 1.54) is 6.92 Å². The molecule has 5 rings (SSSR count). The zero-order valence-corrected chi connectivity index (χ0v) is 19.2. The molecular formula is C29H25N3O2. The molecule has 2 aromatic heterocycles. The van der Waals surface area contributed by atoms with Crippen molar-refractivity contribution in [2.75, 3.05) is 0 Å². The van der Waals surface area contributed by atoms with E-state index in [-0.39, 0.29) is 5.97 Å². The SMILES string of the molecule is CC(=O)Oc1c(Cc2ccccc2)nc2c(Cc3ccccc3)nc(-c3ccccc3)c(C)n12. The number of nitrogens with zero attached hydrogens (tertiary/aromatic N) is 3. The van der Waals surface area contributed by atoms with Crippen molar-refractivity contribution in [3.8, 4) is 17.1 Å². The van der Waals surface area contributed by atoms with Crippen molar-refractivity contribution in [2.24, 2.45) is 0 Å². The van der Waals surface area contributed by atoms with Crippen LogP contribution in [0.1, 0.15) is 35.1 Å². The molecule has 2 heterocycles. The fraction of sp³-hybridized carbons (Fsp3) is 0.138. The molecule has 0 fully saturated rings. The van der Waals surface area contributed by atoms with Gasteiger partial charge < -0.3 is 4.74 Å². The Kier molecular flexibility index (Phi) is 5.91. The molecule has 34 heavy (non-hydrogen) atoms. The van der Waals surface area contributed by atoms with Crippen molar-refractivity contribution in [3.63, 3.8) is 0 Å². The van der Waals surface area contributed by atoms with Gasteiger partial charge >= 0.3 is 5.97 Å². The van der Waals surface area contributed by atoms with Gasteiger partial charge in [0.15, 0.2) is 5.65 Å². The smallest absolute Gasteiger partial charge is 0.309 e. The third-order valence-electron chi connectivity index (χ3n) is 5.80. The Bertz CT molecular complexity index is 1440. The summed E-state index contributed by atoms with van der Waals surface area (Å²) in [6.07, 6.45) is 1.17. The highest BCUT2D eigenvalue weighted by Crippen LogP contribution is 2.32. The van der Waals surface area contributed by atoms with E-state index in [0.717, 1.165) is 33.8 Å². The predicted molar refractivity (Wildman–Crippen MR) is 133 cm³/mol. The van der Waals surface area contributed by atoms with E-state index in [2.05, 4.69) is 12.1 Å². The molecule has 5 heteroatoms. The molecule has 0 aliphatic rings. The van der Waals surface area contributed by atoms with Crippen LogP contribution < -0.4 is 4.74 Å². The zero-order chi connectivity index (χ0) is 23.5. The van der Waals surface area contributed by atoms with Gasteiger partial charge in [-0.1, -0.05) is 91.0 Å². The van der Waals surface area contributed by atoms with Gasteiger partial charge in [0, 0.05) is 25.3 Å². The monoisotopic (exact) mass is 447 g/mol. The first-order valence-electron chi connectivity index (χ1n) is 11.3. The molecule has 0 N–H and O–H groups in total. The maximum absolute atomic E-state index is 12.1. The van der Waals surface area contributed by atoms with E-state index in [4.69, 9.17) is 14.7 Å². The number of rotatable bonds is 6. The second-order valence-corrected chi connectivity index (χ2v) is 8.30. The number of carbonyl (C=O) groups is 1. The average molecular weight is 448 g/mol. The molecule has 0 saturated carbocycles. The molecular weight excluding hydrogens is 422 g/mol. The summed E-state index contributed by atoms with van der Waals surface area (Å²) in [5.41, 5.74) is 7.22. The van der Waals surface area contributed by atoms with Gasteiger partial charge in [0.05, 0.1) is 17.1 Å². The highest BCUT2D eigenvalue weighted by atomic mass is 16.5. The van der Waals surface area contributed by atoms with Gasteiger partial charge in [0.2, 0.25) is 5.88 Å². The Labute approximate surface area is 198 Å². The second-order valence-electron chi connectivity index (χ2n) is 8.30. The average Bonchev–Trinajstić information content (AvgIpc) is 3.20. The van der Waals surface area contributed by atoms with Gasteiger partial charge in [0.1, 0.15) is 5.69 Å². The lowest BCUT2D eigenvalue weighted by Gasteiger charge is -2.14. The van der Waals surface area contributed by atoms with Crippen LogP contribution in [-0.2, 0) is 17.6 Å². The van der Waals surface area contributed by atoms with Crippen LogP contribution in [0.3, 0.4) is 0 Å². The third kappa shape index (κ3) is 4.33. The molecule has 0 bridgehead atoms. The summed E-state index contributed by atoms with van der Waals surface area (Å²) in [7, 11) is 0. The minimum absolute atomic E-state index is 0.377. The predicted octanol–water partition coefficient (Wildman–Crippen LogP) is 5.81. The first-order valence-corrected chi connectivity index (χ1v) is 11.3. The first-order chi connectivity index (χ1) is 16.6. The molecule has 5 nitrogen and oxygen atoms in total. The van der Waals surface area contributed by atoms with Crippen LogP contribution in [0.4, 0.5) is 0 Å². The number of aryl methyl sites for hydroxylation is 1. The fourth-order valence-corrected chi connectivity index (χ4v) is 4.25. The van der Waals surface area contributed by atoms with Crippen LogP contribution in [0.2, 0.25) is 0 Å². The largest absolute Gasteiger partial charge is 0.407 e. The number of carbonyl (C=O) groups excluding carboxylic acids is 1. The highest BCUT2D eigenvalue weighted by molar-refractivity contribution is 5.71. The molecule has 3 aromatic carbocycles. The number of ether oxygens (including phenoxy) is 1. The van der Waals surface area contributed by atoms with E-state index in [0.29, 0.717) is 30.1 Å². The minimum atomic E-state index is -0.377. The number of esters is 1. The number of fused-ring (bicyclic) bond motifs is 1. The topological polar surface area (TPSA) is 56.5 Å². The van der Waals surface area contributed by atoms with E-state index < -0.39 is 0 Å². The normalized spacial score (nSPS) is 11.0. The number of imidazole rings is 1. The van der Waals surface area contributed by atoms with Crippen molar-refractivity contribution >= 4 is 11.6 Å². The maximum atomic E-state index is 12.1. The summed E-state index contributed by atoms with van der Waals surface area (Å²) in [5, 5.41) is 0. The van der Waals surface area contributed by atoms with Gasteiger partial charge in [-0.25, -0.2) is 9.97 Å². The summed E-state index contributed by atoms with van der Waals surface area (Å²) in [4.78, 5) is 22.2. The summed E-state index contributed by atoms with van der Waals surface area (Å²) < 4.78 is 7.73. The van der Waals surface area contributed by atoms with Crippen molar-refractivity contribution in [1.82, 2.24) is 14.4 Å². The summed E-state index contributed by atoms with van der Waals surface area (Å²) in [5.74, 6) is 0.0796. The second kappa shape index (κ2) is 9.32. The Balaban J connectivity index is 1.76. The number of benzene rings is 3. The molecule has 168 valence electrons. The molecule has 5 aromatic rings. The third-order valence-corrected chi connectivity index (χ3v) is 5.80. The quantitative estimate of drug-likeness (QED) is 0.308. The van der Waals surface area contributed by atoms with E-state index >= 15 is 0 Å². The van der Waals surface area contributed by atoms with Crippen LogP contribution in [0.15, 0.2) is 91.0 Å². The number of hydrogen-bond donors (Lipinski definition) is 0. The van der Waals surface area contributed by atoms with Gasteiger partial charge in [-0.3, -0.25) is 9.20 Å². The van der Waals surface area contributed by atoms with Crippen LogP contribution in [0, 0.1) is 6.92 Å². The summed E-state index contributed by atoms with van der Waals surface area (Å²) >= 11 is 0. The molecule has 0 aliphatic carbocycles. The molecule has 0 unspecified atom stereocenters. The molecule has 0 amide bonds. The molecule has 0 spiro atoms. The van der Waals surface area contributed by atoms with Crippen molar-refractivity contribution in [2.45, 2.75) is 26.7 Å². The van der Waals surface area contributed by atoms with Gasteiger partial charge in [0.25, 0.3) is 0 Å². The Morgan fingerprint density at radius 3 is 1.85 bits per heavy atom. The fourth-order valence-electron chi connectivity index (χ4n) is 4.25. The molecule has 0 saturated heterocycles. The zero-order valence-electron chi connectivity index (χ0n) is 19.2. The van der Waals surface area contributed by atoms with Crippen molar-refractivity contribution in [1.29, 1.82) is 0 Å². The van der Waals surface area contributed by atoms with Crippen molar-refractivity contribution < 1.29 is 9.53 Å². The molecule has 0 radical (unpaired) electrons. The summed E-state index contributed by atoms with van der Waals surface area (Å²) in [6.45, 7) is 3.42. The minimum Gasteiger partial charge on any atom is -0.407 e. The number of aromatic nitrogens is 3. The van der Waals surface area contributed by atoms with Gasteiger partial charge in [-0.05, 0) is 18.1 Å². The van der Waals surface area contributed by atoms with E-state index in [1.807, 2.05) is 90.2 Å². The lowest BCUT2D eigenvalue weighted by Crippen LogP contribution is -2.09. The lowest BCUT2D eigenvalue weighted by atomic mass is 10.1. The van der Waals surface area contributed by atoms with Crippen LogP contribution in [0.25, 0.3) is 16.9 Å². The van der Waals surface area contributed by atoms with Crippen LogP contribution in [0.5, 0.6) is 5.88 Å². The lowest BCUT2D eigenvalue weighted by molar-refractivity contribution is -0.132. The van der Waals surface area contributed by atoms with Gasteiger partial charge in [-0.2, -0.15) is 0 Å². The van der Waals surface area contributed by atoms with Crippen molar-refractivity contribution in [3.05, 3.63) is 119 Å². The molecule has 0 aliphatic heterocycles. The van der Waals surface area contributed by atoms with Crippen LogP contribution >= 0.6 is 0 Å². The Hall–Kier alpha value is -4.25. The Morgan fingerprint density at radius 1 is 0.765 bits per heavy atom. The maximum Gasteiger partial charge on any atom is 0.309 e. The van der Waals surface area contributed by atoms with E-state index in [9.17, 15) is 4.79 Å². The standard InChI is InChI=1S/C29H25N3O2/c1-20-27(24-16-10-5-11-17-24)30-25(18-22-12-6-3-7-13-22)28-31-26(19-23-14-8-4-9-15-23)29(32(20)28)34-21(2)33/h3-17H,18-19H2,1-2H3. The number of hydrogen-bond acceptors (Lipinski definition) is 4. The highest BCUT2D eigenvalue weighted by Gasteiger charge is 2.23. The van der Waals surface area contributed by atoms with E-state index in [1.54, 1.807) is 0 Å². The van der Waals surface area contributed by atoms with Gasteiger partial charge in [-0.15, -0.1) is 0 Å².